The molecular weight excluding hydrogens is 256 g/mol. The van der Waals surface area contributed by atoms with Crippen LogP contribution in [0, 0.1) is 5.92 Å². The molecule has 2 atom stereocenters. The van der Waals surface area contributed by atoms with E-state index in [2.05, 4.69) is 41.7 Å². The van der Waals surface area contributed by atoms with Crippen molar-refractivity contribution < 1.29 is 4.74 Å². The molecular formula is C15H22N2OS. The number of fused-ring (bicyclic) bond motifs is 1. The Balaban J connectivity index is 2.21. The van der Waals surface area contributed by atoms with E-state index in [1.54, 1.807) is 18.4 Å². The van der Waals surface area contributed by atoms with E-state index in [1.807, 2.05) is 6.20 Å². The number of thiophene rings is 1. The Bertz CT molecular complexity index is 512. The van der Waals surface area contributed by atoms with Crippen molar-refractivity contribution in [1.29, 1.82) is 0 Å². The third-order valence-electron chi connectivity index (χ3n) is 3.45. The molecule has 2 heterocycles. The van der Waals surface area contributed by atoms with Gasteiger partial charge in [0, 0.05) is 26.0 Å². The maximum absolute atomic E-state index is 5.19. The van der Waals surface area contributed by atoms with Crippen molar-refractivity contribution in [3.05, 3.63) is 29.3 Å². The van der Waals surface area contributed by atoms with Crippen molar-refractivity contribution in [3.8, 4) is 0 Å². The monoisotopic (exact) mass is 278 g/mol. The smallest absolute Gasteiger partial charge is 0.0809 e. The number of aromatic nitrogens is 1. The van der Waals surface area contributed by atoms with E-state index >= 15 is 0 Å². The van der Waals surface area contributed by atoms with E-state index in [4.69, 9.17) is 4.74 Å². The van der Waals surface area contributed by atoms with Crippen LogP contribution in [0.25, 0.3) is 10.2 Å². The van der Waals surface area contributed by atoms with Gasteiger partial charge in [0.05, 0.1) is 10.2 Å². The number of hydrogen-bond acceptors (Lipinski definition) is 4. The highest BCUT2D eigenvalue weighted by Crippen LogP contribution is 2.28. The third-order valence-corrected chi connectivity index (χ3v) is 4.31. The highest BCUT2D eigenvalue weighted by atomic mass is 32.1. The summed E-state index contributed by atoms with van der Waals surface area (Å²) in [5.74, 6) is 0.527. The summed E-state index contributed by atoms with van der Waals surface area (Å²) in [6, 6.07) is 4.68. The van der Waals surface area contributed by atoms with E-state index in [0.717, 1.165) is 25.1 Å². The van der Waals surface area contributed by atoms with Gasteiger partial charge >= 0.3 is 0 Å². The maximum atomic E-state index is 5.19. The van der Waals surface area contributed by atoms with Crippen LogP contribution in [0.1, 0.15) is 31.9 Å². The van der Waals surface area contributed by atoms with Crippen LogP contribution in [0.3, 0.4) is 0 Å². The summed E-state index contributed by atoms with van der Waals surface area (Å²) >= 11 is 1.75. The zero-order valence-corrected chi connectivity index (χ0v) is 12.7. The van der Waals surface area contributed by atoms with Crippen molar-refractivity contribution in [3.63, 3.8) is 0 Å². The molecule has 2 aromatic heterocycles. The van der Waals surface area contributed by atoms with Crippen LogP contribution in [0.5, 0.6) is 0 Å². The van der Waals surface area contributed by atoms with Crippen LogP contribution >= 0.6 is 11.3 Å². The SMILES string of the molecule is CCNC(c1cnc2ccsc2c1)C(C)CCOC. The van der Waals surface area contributed by atoms with Crippen molar-refractivity contribution >= 4 is 21.6 Å². The molecule has 2 aromatic rings. The van der Waals surface area contributed by atoms with Gasteiger partial charge in [-0.2, -0.15) is 0 Å². The molecule has 0 aliphatic heterocycles. The lowest BCUT2D eigenvalue weighted by Crippen LogP contribution is -2.27. The second-order valence-electron chi connectivity index (χ2n) is 4.87. The van der Waals surface area contributed by atoms with Gasteiger partial charge < -0.3 is 10.1 Å². The normalized spacial score (nSPS) is 14.7. The molecule has 3 nitrogen and oxygen atoms in total. The Labute approximate surface area is 119 Å². The molecule has 0 spiro atoms. The van der Waals surface area contributed by atoms with Gasteiger partial charge in [-0.3, -0.25) is 4.98 Å². The molecule has 0 amide bonds. The van der Waals surface area contributed by atoms with Gasteiger partial charge in [0.25, 0.3) is 0 Å². The molecule has 0 aromatic carbocycles. The largest absolute Gasteiger partial charge is 0.385 e. The van der Waals surface area contributed by atoms with Crippen molar-refractivity contribution in [2.75, 3.05) is 20.3 Å². The molecule has 0 fully saturated rings. The fourth-order valence-electron chi connectivity index (χ4n) is 2.37. The number of nitrogens with zero attached hydrogens (tertiary/aromatic N) is 1. The van der Waals surface area contributed by atoms with Gasteiger partial charge in [-0.25, -0.2) is 0 Å². The first-order valence-electron chi connectivity index (χ1n) is 6.81. The molecule has 0 bridgehead atoms. The summed E-state index contributed by atoms with van der Waals surface area (Å²) < 4.78 is 6.46. The van der Waals surface area contributed by atoms with Crippen LogP contribution in [-0.4, -0.2) is 25.2 Å². The maximum Gasteiger partial charge on any atom is 0.0809 e. The summed E-state index contributed by atoms with van der Waals surface area (Å²) in [7, 11) is 1.76. The van der Waals surface area contributed by atoms with Crippen molar-refractivity contribution in [2.24, 2.45) is 5.92 Å². The minimum atomic E-state index is 0.346. The molecule has 0 aliphatic rings. The van der Waals surface area contributed by atoms with Crippen LogP contribution < -0.4 is 5.32 Å². The number of nitrogens with one attached hydrogen (secondary N) is 1. The second-order valence-corrected chi connectivity index (χ2v) is 5.81. The highest BCUT2D eigenvalue weighted by Gasteiger charge is 2.19. The Hall–Kier alpha value is -0.970. The molecule has 104 valence electrons. The molecule has 2 unspecified atom stereocenters. The van der Waals surface area contributed by atoms with Crippen LogP contribution in [0.15, 0.2) is 23.7 Å². The molecule has 4 heteroatoms. The molecule has 1 N–H and O–H groups in total. The van der Waals surface area contributed by atoms with Gasteiger partial charge in [-0.1, -0.05) is 13.8 Å². The molecule has 0 radical (unpaired) electrons. The van der Waals surface area contributed by atoms with Gasteiger partial charge in [0.15, 0.2) is 0 Å². The fourth-order valence-corrected chi connectivity index (χ4v) is 3.16. The summed E-state index contributed by atoms with van der Waals surface area (Å²) in [5.41, 5.74) is 2.37. The zero-order valence-electron chi connectivity index (χ0n) is 11.8. The van der Waals surface area contributed by atoms with Gasteiger partial charge in [0.2, 0.25) is 0 Å². The van der Waals surface area contributed by atoms with E-state index in [1.165, 1.54) is 10.3 Å². The number of rotatable bonds is 7. The minimum absolute atomic E-state index is 0.346. The minimum Gasteiger partial charge on any atom is -0.385 e. The van der Waals surface area contributed by atoms with Gasteiger partial charge in [-0.05, 0) is 42.0 Å². The molecule has 0 saturated heterocycles. The first kappa shape index (κ1) is 14.4. The Morgan fingerprint density at radius 3 is 3.05 bits per heavy atom. The lowest BCUT2D eigenvalue weighted by molar-refractivity contribution is 0.170. The molecule has 0 aliphatic carbocycles. The quantitative estimate of drug-likeness (QED) is 0.840. The lowest BCUT2D eigenvalue weighted by Gasteiger charge is -2.25. The molecule has 19 heavy (non-hydrogen) atoms. The van der Waals surface area contributed by atoms with Crippen LogP contribution in [0.2, 0.25) is 0 Å². The number of hydrogen-bond donors (Lipinski definition) is 1. The summed E-state index contributed by atoms with van der Waals surface area (Å²) in [4.78, 5) is 4.55. The van der Waals surface area contributed by atoms with Crippen molar-refractivity contribution in [2.45, 2.75) is 26.3 Å². The average molecular weight is 278 g/mol. The van der Waals surface area contributed by atoms with Crippen molar-refractivity contribution in [1.82, 2.24) is 10.3 Å². The average Bonchev–Trinajstić information content (AvgIpc) is 2.89. The molecule has 2 rings (SSSR count). The predicted octanol–water partition coefficient (Wildman–Crippen LogP) is 3.62. The van der Waals surface area contributed by atoms with E-state index in [0.29, 0.717) is 12.0 Å². The third kappa shape index (κ3) is 3.53. The van der Waals surface area contributed by atoms with E-state index < -0.39 is 0 Å². The number of ether oxygens (including phenoxy) is 1. The van der Waals surface area contributed by atoms with Crippen LogP contribution in [-0.2, 0) is 4.74 Å². The number of pyridine rings is 1. The van der Waals surface area contributed by atoms with Gasteiger partial charge in [-0.15, -0.1) is 11.3 Å². The second kappa shape index (κ2) is 6.98. The molecule has 0 saturated carbocycles. The number of methoxy groups -OCH3 is 1. The van der Waals surface area contributed by atoms with E-state index in [-0.39, 0.29) is 0 Å². The topological polar surface area (TPSA) is 34.2 Å². The summed E-state index contributed by atoms with van der Waals surface area (Å²) in [5, 5.41) is 5.67. The Kier molecular flexibility index (Phi) is 5.31. The Morgan fingerprint density at radius 2 is 2.32 bits per heavy atom. The first-order chi connectivity index (χ1) is 9.26. The lowest BCUT2D eigenvalue weighted by atomic mass is 9.93. The predicted molar refractivity (Wildman–Crippen MR) is 81.7 cm³/mol. The van der Waals surface area contributed by atoms with E-state index in [9.17, 15) is 0 Å². The fraction of sp³-hybridized carbons (Fsp3) is 0.533. The van der Waals surface area contributed by atoms with Gasteiger partial charge in [0.1, 0.15) is 0 Å². The standard InChI is InChI=1S/C15H22N2OS/c1-4-16-15(11(2)5-7-18-3)12-9-14-13(17-10-12)6-8-19-14/h6,8-11,15-16H,4-5,7H2,1-3H3. The zero-order chi connectivity index (χ0) is 13.7. The van der Waals surface area contributed by atoms with Crippen LogP contribution in [0.4, 0.5) is 0 Å². The highest BCUT2D eigenvalue weighted by molar-refractivity contribution is 7.17. The summed E-state index contributed by atoms with van der Waals surface area (Å²) in [6.07, 6.45) is 3.06. The Morgan fingerprint density at radius 1 is 1.47 bits per heavy atom. The first-order valence-corrected chi connectivity index (χ1v) is 7.69. The summed E-state index contributed by atoms with van der Waals surface area (Å²) in [6.45, 7) is 6.18.